The van der Waals surface area contributed by atoms with E-state index in [0.29, 0.717) is 11.1 Å². The average molecular weight is 472 g/mol. The number of nitrogens with zero attached hydrogens (tertiary/aromatic N) is 2. The Hall–Kier alpha value is -4.15. The van der Waals surface area contributed by atoms with Crippen molar-refractivity contribution in [3.8, 4) is 0 Å². The summed E-state index contributed by atoms with van der Waals surface area (Å²) >= 11 is 0. The molecule has 2 aromatic rings. The first-order valence-electron chi connectivity index (χ1n) is 10.4. The van der Waals surface area contributed by atoms with E-state index in [4.69, 9.17) is 9.47 Å². The number of carbonyl (C=O) groups is 3. The van der Waals surface area contributed by atoms with Gasteiger partial charge in [-0.1, -0.05) is 0 Å². The zero-order valence-electron chi connectivity index (χ0n) is 18.7. The lowest BCUT2D eigenvalue weighted by atomic mass is 10.0. The zero-order chi connectivity index (χ0) is 25.3. The highest BCUT2D eigenvalue weighted by Crippen LogP contribution is 2.29. The fourth-order valence-electron chi connectivity index (χ4n) is 3.14. The van der Waals surface area contributed by atoms with Crippen LogP contribution in [-0.2, 0) is 19.1 Å². The van der Waals surface area contributed by atoms with Crippen molar-refractivity contribution in [2.45, 2.75) is 51.7 Å². The minimum Gasteiger partial charge on any atom is -0.426 e. The van der Waals surface area contributed by atoms with Crippen molar-refractivity contribution in [1.82, 2.24) is 0 Å². The fourth-order valence-corrected chi connectivity index (χ4v) is 3.14. The summed E-state index contributed by atoms with van der Waals surface area (Å²) in [4.78, 5) is 56.2. The summed E-state index contributed by atoms with van der Waals surface area (Å²) in [6.07, 6.45) is -2.39. The third kappa shape index (κ3) is 8.08. The normalized spacial score (nSPS) is 12.3. The minimum atomic E-state index is -1.07. The molecule has 0 bridgehead atoms. The molecule has 0 aromatic heterocycles. The Kier molecular flexibility index (Phi) is 9.36. The van der Waals surface area contributed by atoms with Crippen LogP contribution >= 0.6 is 0 Å². The highest BCUT2D eigenvalue weighted by atomic mass is 16.7. The van der Waals surface area contributed by atoms with Gasteiger partial charge in [0.2, 0.25) is 0 Å². The van der Waals surface area contributed by atoms with E-state index in [0.717, 1.165) is 0 Å². The maximum Gasteiger partial charge on any atom is 0.509 e. The number of rotatable bonds is 12. The highest BCUT2D eigenvalue weighted by Gasteiger charge is 2.24. The van der Waals surface area contributed by atoms with Gasteiger partial charge >= 0.3 is 6.16 Å². The van der Waals surface area contributed by atoms with Gasteiger partial charge in [-0.15, -0.1) is 0 Å². The maximum absolute atomic E-state index is 12.6. The van der Waals surface area contributed by atoms with Crippen LogP contribution in [0.15, 0.2) is 48.5 Å². The highest BCUT2D eigenvalue weighted by molar-refractivity contribution is 5.76. The number of ether oxygens (including phenoxy) is 2. The van der Waals surface area contributed by atoms with E-state index in [2.05, 4.69) is 0 Å². The molecule has 0 aliphatic carbocycles. The molecule has 0 heterocycles. The molecule has 2 aromatic carbocycles. The van der Waals surface area contributed by atoms with Crippen molar-refractivity contribution in [1.29, 1.82) is 0 Å². The van der Waals surface area contributed by atoms with Crippen molar-refractivity contribution in [2.75, 3.05) is 0 Å². The Balaban J connectivity index is 2.20. The van der Waals surface area contributed by atoms with E-state index >= 15 is 0 Å². The third-order valence-electron chi connectivity index (χ3n) is 4.95. The molecule has 0 saturated carbocycles. The van der Waals surface area contributed by atoms with Crippen molar-refractivity contribution in [3.63, 3.8) is 0 Å². The first-order chi connectivity index (χ1) is 16.1. The number of Topliss-reactive ketones (excluding diaryl/α,β-unsaturated/α-hetero) is 2. The van der Waals surface area contributed by atoms with Crippen molar-refractivity contribution >= 4 is 29.1 Å². The smallest absolute Gasteiger partial charge is 0.426 e. The Labute approximate surface area is 195 Å². The second-order valence-electron chi connectivity index (χ2n) is 7.64. The molecule has 0 radical (unpaired) electrons. The van der Waals surface area contributed by atoms with Crippen LogP contribution in [0.1, 0.15) is 62.9 Å². The predicted molar refractivity (Wildman–Crippen MR) is 119 cm³/mol. The van der Waals surface area contributed by atoms with E-state index in [1.807, 2.05) is 0 Å². The Morgan fingerprint density at radius 2 is 1.03 bits per heavy atom. The molecule has 2 rings (SSSR count). The molecule has 11 nitrogen and oxygen atoms in total. The van der Waals surface area contributed by atoms with Gasteiger partial charge in [0.1, 0.15) is 23.8 Å². The second-order valence-corrected chi connectivity index (χ2v) is 7.64. The maximum atomic E-state index is 12.6. The molecule has 0 N–H and O–H groups in total. The largest absolute Gasteiger partial charge is 0.509 e. The third-order valence-corrected chi connectivity index (χ3v) is 4.95. The summed E-state index contributed by atoms with van der Waals surface area (Å²) in [7, 11) is 0. The van der Waals surface area contributed by atoms with Gasteiger partial charge in [0.05, 0.1) is 9.85 Å². The first kappa shape index (κ1) is 26.1. The summed E-state index contributed by atoms with van der Waals surface area (Å²) in [5.41, 5.74) is 0.608. The molecule has 0 spiro atoms. The SMILES string of the molecule is CC(=O)CCC(OC(=O)OC(CCC(C)=O)c1ccc([N+](=O)[O-])cc1)c1ccc([N+](=O)[O-])cc1. The summed E-state index contributed by atoms with van der Waals surface area (Å²) in [5, 5.41) is 21.8. The van der Waals surface area contributed by atoms with Gasteiger partial charge in [0.25, 0.3) is 11.4 Å². The molecule has 34 heavy (non-hydrogen) atoms. The lowest BCUT2D eigenvalue weighted by Crippen LogP contribution is -2.17. The first-order valence-corrected chi connectivity index (χ1v) is 10.4. The molecule has 2 atom stereocenters. The molecule has 180 valence electrons. The molecular weight excluding hydrogens is 448 g/mol. The lowest BCUT2D eigenvalue weighted by Gasteiger charge is -2.21. The van der Waals surface area contributed by atoms with Crippen LogP contribution in [0, 0.1) is 20.2 Å². The lowest BCUT2D eigenvalue weighted by molar-refractivity contribution is -0.385. The van der Waals surface area contributed by atoms with Crippen LogP contribution in [0.2, 0.25) is 0 Å². The van der Waals surface area contributed by atoms with E-state index in [1.54, 1.807) is 0 Å². The number of hydrogen-bond acceptors (Lipinski definition) is 9. The molecule has 2 unspecified atom stereocenters. The van der Waals surface area contributed by atoms with Gasteiger partial charge in [0, 0.05) is 37.1 Å². The minimum absolute atomic E-state index is 0.102. The van der Waals surface area contributed by atoms with E-state index in [9.17, 15) is 34.6 Å². The van der Waals surface area contributed by atoms with Crippen LogP contribution < -0.4 is 0 Å². The number of non-ortho nitro benzene ring substituents is 2. The molecule has 0 aliphatic heterocycles. The number of nitro benzene ring substituents is 2. The van der Waals surface area contributed by atoms with Crippen LogP contribution in [0.3, 0.4) is 0 Å². The van der Waals surface area contributed by atoms with Crippen LogP contribution in [0.25, 0.3) is 0 Å². The summed E-state index contributed by atoms with van der Waals surface area (Å²) < 4.78 is 10.9. The number of nitro groups is 2. The molecule has 0 saturated heterocycles. The Morgan fingerprint density at radius 3 is 1.29 bits per heavy atom. The monoisotopic (exact) mass is 472 g/mol. The summed E-state index contributed by atoms with van der Waals surface area (Å²) in [6, 6.07) is 10.8. The number of benzene rings is 2. The average Bonchev–Trinajstić information content (AvgIpc) is 2.79. The molecule has 0 aliphatic rings. The number of hydrogen-bond donors (Lipinski definition) is 0. The number of ketones is 2. The number of carbonyl (C=O) groups excluding carboxylic acids is 3. The van der Waals surface area contributed by atoms with Gasteiger partial charge in [0.15, 0.2) is 0 Å². The van der Waals surface area contributed by atoms with E-state index in [-0.39, 0.29) is 48.6 Å². The van der Waals surface area contributed by atoms with Crippen LogP contribution in [0.5, 0.6) is 0 Å². The molecule has 0 amide bonds. The van der Waals surface area contributed by atoms with Crippen molar-refractivity contribution in [3.05, 3.63) is 79.9 Å². The summed E-state index contributed by atoms with van der Waals surface area (Å²) in [5.74, 6) is -0.261. The van der Waals surface area contributed by atoms with E-state index in [1.165, 1.54) is 62.4 Å². The van der Waals surface area contributed by atoms with Crippen LogP contribution in [0.4, 0.5) is 16.2 Å². The van der Waals surface area contributed by atoms with Crippen LogP contribution in [-0.4, -0.2) is 27.6 Å². The topological polar surface area (TPSA) is 156 Å². The van der Waals surface area contributed by atoms with Gasteiger partial charge in [-0.05, 0) is 62.1 Å². The quantitative estimate of drug-likeness (QED) is 0.231. The van der Waals surface area contributed by atoms with Crippen molar-refractivity contribution < 1.29 is 33.7 Å². The zero-order valence-corrected chi connectivity index (χ0v) is 18.7. The van der Waals surface area contributed by atoms with E-state index < -0.39 is 28.2 Å². The Bertz CT molecular complexity index is 966. The standard InChI is InChI=1S/C23H24N2O9/c1-15(26)3-13-21(17-5-9-19(10-6-17)24(29)30)33-23(28)34-22(14-4-16(2)27)18-7-11-20(12-8-18)25(31)32/h5-12,21-22H,3-4,13-14H2,1-2H3. The van der Waals surface area contributed by atoms with Gasteiger partial charge < -0.3 is 19.1 Å². The van der Waals surface area contributed by atoms with Crippen molar-refractivity contribution in [2.24, 2.45) is 0 Å². The van der Waals surface area contributed by atoms with Gasteiger partial charge in [-0.25, -0.2) is 4.79 Å². The van der Waals surface area contributed by atoms with Gasteiger partial charge in [-0.3, -0.25) is 20.2 Å². The summed E-state index contributed by atoms with van der Waals surface area (Å²) in [6.45, 7) is 2.77. The molecular formula is C23H24N2O9. The predicted octanol–water partition coefficient (Wildman–Crippen LogP) is 5.18. The molecule has 0 fully saturated rings. The van der Waals surface area contributed by atoms with Gasteiger partial charge in [-0.2, -0.15) is 0 Å². The second kappa shape index (κ2) is 12.2. The Morgan fingerprint density at radius 1 is 0.706 bits per heavy atom. The molecule has 11 heteroatoms. The fraction of sp³-hybridized carbons (Fsp3) is 0.348.